The molecule has 0 nitrogen and oxygen atoms in total. The molecule has 0 bridgehead atoms. The first-order valence-electron chi connectivity index (χ1n) is 7.75. The first-order valence-corrected chi connectivity index (χ1v) is 8.83. The van der Waals surface area contributed by atoms with Gasteiger partial charge >= 0.3 is 0 Å². The number of halogens is 2. The van der Waals surface area contributed by atoms with Crippen molar-refractivity contribution in [2.75, 3.05) is 0 Å². The van der Waals surface area contributed by atoms with Crippen LogP contribution >= 0.6 is 22.6 Å². The second-order valence-electron chi connectivity index (χ2n) is 5.74. The molecule has 0 saturated carbocycles. The quantitative estimate of drug-likeness (QED) is 0.448. The predicted octanol–water partition coefficient (Wildman–Crippen LogP) is 6.00. The molecule has 0 aliphatic heterocycles. The van der Waals surface area contributed by atoms with E-state index in [9.17, 15) is 4.39 Å². The zero-order chi connectivity index (χ0) is 16.1. The molecule has 0 N–H and O–H groups in total. The Labute approximate surface area is 150 Å². The van der Waals surface area contributed by atoms with E-state index < -0.39 is 0 Å². The lowest BCUT2D eigenvalue weighted by atomic mass is 9.86. The first-order chi connectivity index (χ1) is 11.2. The van der Waals surface area contributed by atoms with Crippen LogP contribution in [0.1, 0.15) is 22.6 Å². The molecule has 0 aliphatic carbocycles. The molecule has 116 valence electrons. The number of hydrogen-bond donors (Lipinski definition) is 0. The van der Waals surface area contributed by atoms with Crippen molar-refractivity contribution in [1.82, 2.24) is 0 Å². The van der Waals surface area contributed by atoms with E-state index in [1.54, 1.807) is 6.07 Å². The monoisotopic (exact) mass is 416 g/mol. The Morgan fingerprint density at radius 3 is 1.74 bits per heavy atom. The standard InChI is InChI=1S/C21H18FI/c22-21-15-19(23)11-12-20(21)18(13-16-7-3-1-4-8-16)14-17-9-5-2-6-10-17/h1-12,15,18H,13-14H2. The summed E-state index contributed by atoms with van der Waals surface area (Å²) < 4.78 is 15.4. The van der Waals surface area contributed by atoms with E-state index in [0.29, 0.717) is 0 Å². The van der Waals surface area contributed by atoms with E-state index in [4.69, 9.17) is 0 Å². The van der Waals surface area contributed by atoms with Crippen molar-refractivity contribution in [1.29, 1.82) is 0 Å². The lowest BCUT2D eigenvalue weighted by molar-refractivity contribution is 0.570. The highest BCUT2D eigenvalue weighted by molar-refractivity contribution is 14.1. The van der Waals surface area contributed by atoms with Crippen molar-refractivity contribution in [2.24, 2.45) is 0 Å². The molecule has 0 aliphatic rings. The largest absolute Gasteiger partial charge is 0.207 e. The molecular weight excluding hydrogens is 398 g/mol. The van der Waals surface area contributed by atoms with Crippen LogP contribution in [0, 0.1) is 9.39 Å². The van der Waals surface area contributed by atoms with Crippen molar-refractivity contribution in [2.45, 2.75) is 18.8 Å². The van der Waals surface area contributed by atoms with Crippen LogP contribution < -0.4 is 0 Å². The van der Waals surface area contributed by atoms with Crippen LogP contribution in [0.2, 0.25) is 0 Å². The van der Waals surface area contributed by atoms with Crippen molar-refractivity contribution in [3.63, 3.8) is 0 Å². The number of hydrogen-bond acceptors (Lipinski definition) is 0. The van der Waals surface area contributed by atoms with Crippen LogP contribution in [-0.4, -0.2) is 0 Å². The summed E-state index contributed by atoms with van der Waals surface area (Å²) in [5.74, 6) is 0.0329. The maximum absolute atomic E-state index is 14.5. The molecule has 0 saturated heterocycles. The molecule has 0 atom stereocenters. The smallest absolute Gasteiger partial charge is 0.127 e. The molecule has 0 unspecified atom stereocenters. The Balaban J connectivity index is 1.92. The Hall–Kier alpha value is -1.68. The second-order valence-corrected chi connectivity index (χ2v) is 6.99. The molecule has 2 heteroatoms. The third kappa shape index (κ3) is 4.41. The van der Waals surface area contributed by atoms with E-state index in [1.165, 1.54) is 11.1 Å². The lowest BCUT2D eigenvalue weighted by Gasteiger charge is -2.19. The van der Waals surface area contributed by atoms with E-state index >= 15 is 0 Å². The summed E-state index contributed by atoms with van der Waals surface area (Å²) >= 11 is 2.15. The highest BCUT2D eigenvalue weighted by Crippen LogP contribution is 2.28. The summed E-state index contributed by atoms with van der Waals surface area (Å²) in [6.45, 7) is 0. The summed E-state index contributed by atoms with van der Waals surface area (Å²) in [6, 6.07) is 26.2. The molecule has 3 rings (SSSR count). The van der Waals surface area contributed by atoms with Gasteiger partial charge in [0.1, 0.15) is 5.82 Å². The minimum absolute atomic E-state index is 0.103. The van der Waals surface area contributed by atoms with Crippen LogP contribution in [0.15, 0.2) is 78.9 Å². The van der Waals surface area contributed by atoms with Crippen molar-refractivity contribution >= 4 is 22.6 Å². The SMILES string of the molecule is Fc1cc(I)ccc1C(Cc1ccccc1)Cc1ccccc1. The van der Waals surface area contributed by atoms with Gasteiger partial charge in [-0.1, -0.05) is 66.7 Å². The topological polar surface area (TPSA) is 0 Å². The molecular formula is C21H18FI. The third-order valence-electron chi connectivity index (χ3n) is 4.05. The van der Waals surface area contributed by atoms with Crippen LogP contribution in [0.25, 0.3) is 0 Å². The predicted molar refractivity (Wildman–Crippen MR) is 102 cm³/mol. The average Bonchev–Trinajstić information content (AvgIpc) is 2.56. The first kappa shape index (κ1) is 16.2. The summed E-state index contributed by atoms with van der Waals surface area (Å²) in [6.07, 6.45) is 1.68. The fraction of sp³-hybridized carbons (Fsp3) is 0.143. The molecule has 3 aromatic rings. The minimum atomic E-state index is -0.103. The van der Waals surface area contributed by atoms with Gasteiger partial charge in [0.05, 0.1) is 0 Å². The van der Waals surface area contributed by atoms with Crippen molar-refractivity contribution < 1.29 is 4.39 Å². The normalized spacial score (nSPS) is 10.9. The average molecular weight is 416 g/mol. The summed E-state index contributed by atoms with van der Waals surface area (Å²) in [5.41, 5.74) is 3.29. The molecule has 0 spiro atoms. The van der Waals surface area contributed by atoms with E-state index in [0.717, 1.165) is 22.0 Å². The van der Waals surface area contributed by atoms with Gasteiger partial charge in [-0.15, -0.1) is 0 Å². The summed E-state index contributed by atoms with van der Waals surface area (Å²) in [4.78, 5) is 0. The zero-order valence-corrected chi connectivity index (χ0v) is 14.9. The maximum atomic E-state index is 14.5. The minimum Gasteiger partial charge on any atom is -0.207 e. The highest BCUT2D eigenvalue weighted by Gasteiger charge is 2.17. The van der Waals surface area contributed by atoms with Gasteiger partial charge in [-0.05, 0) is 70.2 Å². The van der Waals surface area contributed by atoms with Gasteiger partial charge in [0, 0.05) is 3.57 Å². The van der Waals surface area contributed by atoms with Crippen LogP contribution in [0.3, 0.4) is 0 Å². The van der Waals surface area contributed by atoms with Gasteiger partial charge in [-0.25, -0.2) is 4.39 Å². The van der Waals surface area contributed by atoms with Gasteiger partial charge in [0.15, 0.2) is 0 Å². The van der Waals surface area contributed by atoms with Crippen molar-refractivity contribution in [3.05, 3.63) is 105 Å². The lowest BCUT2D eigenvalue weighted by Crippen LogP contribution is -2.09. The van der Waals surface area contributed by atoms with Gasteiger partial charge < -0.3 is 0 Å². The Kier molecular flexibility index (Phi) is 5.44. The molecule has 3 aromatic carbocycles. The highest BCUT2D eigenvalue weighted by atomic mass is 127. The molecule has 0 fully saturated rings. The molecule has 0 amide bonds. The summed E-state index contributed by atoms with van der Waals surface area (Å²) in [5, 5.41) is 0. The van der Waals surface area contributed by atoms with E-state index in [1.807, 2.05) is 48.5 Å². The second kappa shape index (κ2) is 7.73. The fourth-order valence-corrected chi connectivity index (χ4v) is 3.38. The van der Waals surface area contributed by atoms with Gasteiger partial charge in [0.25, 0.3) is 0 Å². The van der Waals surface area contributed by atoms with Gasteiger partial charge in [-0.2, -0.15) is 0 Å². The Morgan fingerprint density at radius 1 is 0.739 bits per heavy atom. The fourth-order valence-electron chi connectivity index (χ4n) is 2.92. The van der Waals surface area contributed by atoms with Crippen LogP contribution in [-0.2, 0) is 12.8 Å². The maximum Gasteiger partial charge on any atom is 0.127 e. The van der Waals surface area contributed by atoms with Gasteiger partial charge in [-0.3, -0.25) is 0 Å². The summed E-state index contributed by atoms with van der Waals surface area (Å²) in [7, 11) is 0. The van der Waals surface area contributed by atoms with Crippen LogP contribution in [0.4, 0.5) is 4.39 Å². The Morgan fingerprint density at radius 2 is 1.26 bits per heavy atom. The molecule has 0 radical (unpaired) electrons. The van der Waals surface area contributed by atoms with Crippen LogP contribution in [0.5, 0.6) is 0 Å². The molecule has 23 heavy (non-hydrogen) atoms. The third-order valence-corrected chi connectivity index (χ3v) is 4.72. The zero-order valence-electron chi connectivity index (χ0n) is 12.8. The Bertz CT molecular complexity index is 712. The van der Waals surface area contributed by atoms with Gasteiger partial charge in [0.2, 0.25) is 0 Å². The molecule has 0 aromatic heterocycles. The van der Waals surface area contributed by atoms with E-state index in [-0.39, 0.29) is 11.7 Å². The van der Waals surface area contributed by atoms with E-state index in [2.05, 4.69) is 46.9 Å². The number of benzene rings is 3. The van der Waals surface area contributed by atoms with Crippen molar-refractivity contribution in [3.8, 4) is 0 Å². The molecule has 0 heterocycles. The number of rotatable bonds is 5.